The second-order valence-corrected chi connectivity index (χ2v) is 7.73. The number of carbonyl (C=O) groups excluding carboxylic acids is 1. The summed E-state index contributed by atoms with van der Waals surface area (Å²) in [6.45, 7) is 7.84. The molecule has 1 aromatic heterocycles. The molecule has 2 aromatic rings. The Morgan fingerprint density at radius 1 is 1.28 bits per heavy atom. The minimum absolute atomic E-state index is 0.128. The van der Waals surface area contributed by atoms with Gasteiger partial charge in [-0.15, -0.1) is 11.3 Å². The Bertz CT molecular complexity index is 718. The fourth-order valence-electron chi connectivity index (χ4n) is 3.32. The zero-order valence-corrected chi connectivity index (χ0v) is 15.7. The van der Waals surface area contributed by atoms with Crippen LogP contribution in [0.4, 0.5) is 4.39 Å². The van der Waals surface area contributed by atoms with Gasteiger partial charge in [0.2, 0.25) is 0 Å². The Labute approximate surface area is 152 Å². The van der Waals surface area contributed by atoms with Crippen molar-refractivity contribution in [2.75, 3.05) is 26.2 Å². The number of benzene rings is 1. The Morgan fingerprint density at radius 2 is 1.96 bits per heavy atom. The van der Waals surface area contributed by atoms with E-state index >= 15 is 0 Å². The minimum Gasteiger partial charge on any atom is -0.338 e. The minimum atomic E-state index is -0.241. The quantitative estimate of drug-likeness (QED) is 0.861. The molecule has 1 aliphatic rings. The molecule has 0 aliphatic carbocycles. The summed E-state index contributed by atoms with van der Waals surface area (Å²) < 4.78 is 13.1. The molecule has 1 saturated heterocycles. The van der Waals surface area contributed by atoms with Crippen molar-refractivity contribution in [3.63, 3.8) is 0 Å². The van der Waals surface area contributed by atoms with Crippen LogP contribution in [-0.2, 0) is 0 Å². The average molecular weight is 360 g/mol. The lowest BCUT2D eigenvalue weighted by atomic mass is 9.96. The Hall–Kier alpha value is -1.72. The molecule has 3 nitrogen and oxygen atoms in total. The maximum atomic E-state index is 13.1. The van der Waals surface area contributed by atoms with Gasteiger partial charge in [-0.3, -0.25) is 4.79 Å². The number of thiophene rings is 1. The summed E-state index contributed by atoms with van der Waals surface area (Å²) in [6, 6.07) is 8.44. The number of aryl methyl sites for hydroxylation is 1. The lowest BCUT2D eigenvalue weighted by molar-refractivity contribution is 0.0695. The molecule has 25 heavy (non-hydrogen) atoms. The third-order valence-electron chi connectivity index (χ3n) is 4.82. The topological polar surface area (TPSA) is 32.3 Å². The third kappa shape index (κ3) is 4.28. The van der Waals surface area contributed by atoms with E-state index in [1.165, 1.54) is 23.5 Å². The van der Waals surface area contributed by atoms with Gasteiger partial charge in [-0.1, -0.05) is 19.1 Å². The Balaban J connectivity index is 1.67. The van der Waals surface area contributed by atoms with Gasteiger partial charge in [0.05, 0.1) is 4.88 Å². The summed E-state index contributed by atoms with van der Waals surface area (Å²) in [7, 11) is 0. The molecule has 0 radical (unpaired) electrons. The lowest BCUT2D eigenvalue weighted by Crippen LogP contribution is -2.40. The average Bonchev–Trinajstić information content (AvgIpc) is 3.02. The molecular formula is C20H25FN2OS. The van der Waals surface area contributed by atoms with Crippen molar-refractivity contribution in [2.24, 2.45) is 5.92 Å². The van der Waals surface area contributed by atoms with Crippen LogP contribution in [0.5, 0.6) is 0 Å². The zero-order valence-electron chi connectivity index (χ0n) is 14.8. The highest BCUT2D eigenvalue weighted by Crippen LogP contribution is 2.33. The molecule has 1 fully saturated rings. The molecule has 2 heterocycles. The first kappa shape index (κ1) is 18.1. The molecule has 0 bridgehead atoms. The monoisotopic (exact) mass is 360 g/mol. The van der Waals surface area contributed by atoms with Gasteiger partial charge < -0.3 is 10.2 Å². The van der Waals surface area contributed by atoms with Crippen molar-refractivity contribution in [2.45, 2.75) is 26.7 Å². The van der Waals surface area contributed by atoms with Crippen LogP contribution in [0.2, 0.25) is 0 Å². The summed E-state index contributed by atoms with van der Waals surface area (Å²) in [4.78, 5) is 16.6. The molecule has 0 atom stereocenters. The van der Waals surface area contributed by atoms with E-state index in [9.17, 15) is 9.18 Å². The number of carbonyl (C=O) groups is 1. The first-order chi connectivity index (χ1) is 12.1. The fraction of sp³-hybridized carbons (Fsp3) is 0.450. The predicted molar refractivity (Wildman–Crippen MR) is 102 cm³/mol. The SMILES string of the molecule is CCNCC1CCN(C(=O)c2cc(C)c(-c3ccc(F)cc3)s2)CC1. The van der Waals surface area contributed by atoms with Gasteiger partial charge in [-0.2, -0.15) is 0 Å². The van der Waals surface area contributed by atoms with Crippen LogP contribution in [0.25, 0.3) is 10.4 Å². The highest BCUT2D eigenvalue weighted by molar-refractivity contribution is 7.17. The third-order valence-corrected chi connectivity index (χ3v) is 6.09. The van der Waals surface area contributed by atoms with E-state index in [4.69, 9.17) is 0 Å². The van der Waals surface area contributed by atoms with E-state index in [0.717, 1.165) is 59.9 Å². The smallest absolute Gasteiger partial charge is 0.263 e. The van der Waals surface area contributed by atoms with Crippen molar-refractivity contribution in [1.29, 1.82) is 0 Å². The number of likely N-dealkylation sites (tertiary alicyclic amines) is 1. The van der Waals surface area contributed by atoms with Gasteiger partial charge in [-0.05, 0) is 68.1 Å². The van der Waals surface area contributed by atoms with Gasteiger partial charge >= 0.3 is 0 Å². The second kappa shape index (κ2) is 8.11. The zero-order chi connectivity index (χ0) is 17.8. The number of nitrogens with zero attached hydrogens (tertiary/aromatic N) is 1. The van der Waals surface area contributed by atoms with Crippen molar-refractivity contribution in [3.05, 3.63) is 46.6 Å². The van der Waals surface area contributed by atoms with Crippen LogP contribution in [-0.4, -0.2) is 37.0 Å². The predicted octanol–water partition coefficient (Wildman–Crippen LogP) is 4.32. The van der Waals surface area contributed by atoms with Crippen molar-refractivity contribution < 1.29 is 9.18 Å². The van der Waals surface area contributed by atoms with E-state index < -0.39 is 0 Å². The highest BCUT2D eigenvalue weighted by Gasteiger charge is 2.25. The highest BCUT2D eigenvalue weighted by atomic mass is 32.1. The van der Waals surface area contributed by atoms with Crippen LogP contribution >= 0.6 is 11.3 Å². The van der Waals surface area contributed by atoms with Crippen LogP contribution in [0.1, 0.15) is 35.0 Å². The molecular weight excluding hydrogens is 335 g/mol. The van der Waals surface area contributed by atoms with Gasteiger partial charge in [0.25, 0.3) is 5.91 Å². The molecule has 3 rings (SSSR count). The number of hydrogen-bond donors (Lipinski definition) is 1. The van der Waals surface area contributed by atoms with Gasteiger partial charge in [0, 0.05) is 18.0 Å². The van der Waals surface area contributed by atoms with Crippen LogP contribution in [0.15, 0.2) is 30.3 Å². The van der Waals surface area contributed by atoms with E-state index in [2.05, 4.69) is 12.2 Å². The summed E-state index contributed by atoms with van der Waals surface area (Å²) in [6.07, 6.45) is 2.13. The van der Waals surface area contributed by atoms with E-state index in [0.29, 0.717) is 5.92 Å². The molecule has 1 amide bonds. The lowest BCUT2D eigenvalue weighted by Gasteiger charge is -2.31. The van der Waals surface area contributed by atoms with Crippen molar-refractivity contribution in [1.82, 2.24) is 10.2 Å². The molecule has 134 valence electrons. The molecule has 1 N–H and O–H groups in total. The fourth-order valence-corrected chi connectivity index (χ4v) is 4.47. The normalized spacial score (nSPS) is 15.6. The number of halogens is 1. The molecule has 0 unspecified atom stereocenters. The molecule has 1 aromatic carbocycles. The number of nitrogens with one attached hydrogen (secondary N) is 1. The Morgan fingerprint density at radius 3 is 2.60 bits per heavy atom. The first-order valence-electron chi connectivity index (χ1n) is 8.95. The largest absolute Gasteiger partial charge is 0.338 e. The van der Waals surface area contributed by atoms with Crippen LogP contribution in [0, 0.1) is 18.7 Å². The number of piperidine rings is 1. The molecule has 1 aliphatic heterocycles. The van der Waals surface area contributed by atoms with Crippen LogP contribution in [0.3, 0.4) is 0 Å². The number of rotatable bonds is 5. The van der Waals surface area contributed by atoms with Gasteiger partial charge in [-0.25, -0.2) is 4.39 Å². The standard InChI is InChI=1S/C20H25FN2OS/c1-3-22-13-15-8-10-23(11-9-15)20(24)18-12-14(2)19(25-18)16-4-6-17(21)7-5-16/h4-7,12,15,22H,3,8-11,13H2,1-2H3. The molecule has 0 saturated carbocycles. The molecule has 5 heteroatoms. The number of amides is 1. The summed E-state index contributed by atoms with van der Waals surface area (Å²) in [5.74, 6) is 0.557. The number of hydrogen-bond acceptors (Lipinski definition) is 3. The molecule has 0 spiro atoms. The van der Waals surface area contributed by atoms with Crippen LogP contribution < -0.4 is 5.32 Å². The Kier molecular flexibility index (Phi) is 5.86. The maximum absolute atomic E-state index is 13.1. The van der Waals surface area contributed by atoms with E-state index in [-0.39, 0.29) is 11.7 Å². The van der Waals surface area contributed by atoms with E-state index in [1.807, 2.05) is 17.9 Å². The van der Waals surface area contributed by atoms with Crippen molar-refractivity contribution >= 4 is 17.2 Å². The van der Waals surface area contributed by atoms with Gasteiger partial charge in [0.1, 0.15) is 5.82 Å². The summed E-state index contributed by atoms with van der Waals surface area (Å²) in [5.41, 5.74) is 2.04. The second-order valence-electron chi connectivity index (χ2n) is 6.67. The summed E-state index contributed by atoms with van der Waals surface area (Å²) >= 11 is 1.51. The maximum Gasteiger partial charge on any atom is 0.263 e. The van der Waals surface area contributed by atoms with Crippen molar-refractivity contribution in [3.8, 4) is 10.4 Å². The van der Waals surface area contributed by atoms with E-state index in [1.54, 1.807) is 12.1 Å². The van der Waals surface area contributed by atoms with Gasteiger partial charge in [0.15, 0.2) is 0 Å². The summed E-state index contributed by atoms with van der Waals surface area (Å²) in [5, 5.41) is 3.40. The first-order valence-corrected chi connectivity index (χ1v) is 9.76.